The molecule has 2 aromatic rings. The van der Waals surface area contributed by atoms with E-state index in [0.717, 1.165) is 27.4 Å². The van der Waals surface area contributed by atoms with E-state index in [-0.39, 0.29) is 0 Å². The van der Waals surface area contributed by atoms with Crippen LogP contribution >= 0.6 is 27.5 Å². The Morgan fingerprint density at radius 1 is 1.11 bits per heavy atom. The first-order valence-corrected chi connectivity index (χ1v) is 7.18. The van der Waals surface area contributed by atoms with Crippen LogP contribution in [-0.4, -0.2) is 14.1 Å². The fourth-order valence-electron chi connectivity index (χ4n) is 1.84. The second-order valence-corrected chi connectivity index (χ2v) is 5.89. The Hall–Kier alpha value is -1.19. The molecule has 0 aliphatic heterocycles. The maximum Gasteiger partial charge on any atom is 0.0597 e. The molecule has 0 heterocycles. The van der Waals surface area contributed by atoms with E-state index in [4.69, 9.17) is 11.6 Å². The molecule has 19 heavy (non-hydrogen) atoms. The Morgan fingerprint density at radius 2 is 1.79 bits per heavy atom. The van der Waals surface area contributed by atoms with Crippen molar-refractivity contribution in [3.8, 4) is 0 Å². The molecule has 2 nitrogen and oxygen atoms in total. The highest BCUT2D eigenvalue weighted by Gasteiger charge is 2.05. The van der Waals surface area contributed by atoms with E-state index >= 15 is 0 Å². The summed E-state index contributed by atoms with van der Waals surface area (Å²) in [6.45, 7) is 0.772. The van der Waals surface area contributed by atoms with Crippen LogP contribution in [0.5, 0.6) is 0 Å². The lowest BCUT2D eigenvalue weighted by Gasteiger charge is -2.19. The molecular weight excluding hydrogens is 324 g/mol. The summed E-state index contributed by atoms with van der Waals surface area (Å²) in [7, 11) is 4.08. The summed E-state index contributed by atoms with van der Waals surface area (Å²) in [5.74, 6) is 0. The third-order valence-electron chi connectivity index (χ3n) is 2.84. The molecule has 0 aliphatic carbocycles. The molecule has 0 atom stereocenters. The van der Waals surface area contributed by atoms with Gasteiger partial charge in [-0.15, -0.1) is 0 Å². The van der Waals surface area contributed by atoms with Gasteiger partial charge in [0.05, 0.1) is 11.4 Å². The molecule has 0 spiro atoms. The molecule has 0 unspecified atom stereocenters. The van der Waals surface area contributed by atoms with Crippen molar-refractivity contribution >= 4 is 38.9 Å². The molecule has 2 rings (SSSR count). The van der Waals surface area contributed by atoms with Crippen molar-refractivity contribution in [2.24, 2.45) is 0 Å². The minimum absolute atomic E-state index is 0.764. The lowest BCUT2D eigenvalue weighted by molar-refractivity contribution is 1.10. The van der Waals surface area contributed by atoms with E-state index in [1.165, 1.54) is 5.56 Å². The van der Waals surface area contributed by atoms with Crippen LogP contribution < -0.4 is 10.2 Å². The quantitative estimate of drug-likeness (QED) is 0.862. The summed E-state index contributed by atoms with van der Waals surface area (Å²) < 4.78 is 1.07. The summed E-state index contributed by atoms with van der Waals surface area (Å²) in [6.07, 6.45) is 0. The van der Waals surface area contributed by atoms with Gasteiger partial charge in [0.25, 0.3) is 0 Å². The molecule has 0 saturated carbocycles. The molecule has 4 heteroatoms. The maximum absolute atomic E-state index is 5.88. The average molecular weight is 340 g/mol. The zero-order chi connectivity index (χ0) is 13.8. The fraction of sp³-hybridized carbons (Fsp3) is 0.200. The van der Waals surface area contributed by atoms with Crippen LogP contribution in [0.25, 0.3) is 0 Å². The van der Waals surface area contributed by atoms with Gasteiger partial charge in [0.15, 0.2) is 0 Å². The van der Waals surface area contributed by atoms with Gasteiger partial charge in [-0.3, -0.25) is 0 Å². The van der Waals surface area contributed by atoms with Crippen LogP contribution in [0, 0.1) is 0 Å². The molecule has 0 radical (unpaired) electrons. The van der Waals surface area contributed by atoms with Crippen LogP contribution in [0.15, 0.2) is 46.9 Å². The van der Waals surface area contributed by atoms with Crippen molar-refractivity contribution < 1.29 is 0 Å². The SMILES string of the molecule is CN(C)c1ccc(Br)cc1NCc1ccc(Cl)cc1. The van der Waals surface area contributed by atoms with Gasteiger partial charge in [0, 0.05) is 30.1 Å². The van der Waals surface area contributed by atoms with E-state index in [2.05, 4.69) is 38.3 Å². The Kier molecular flexibility index (Phi) is 4.72. The second-order valence-electron chi connectivity index (χ2n) is 4.54. The number of hydrogen-bond acceptors (Lipinski definition) is 2. The summed E-state index contributed by atoms with van der Waals surface area (Å²) in [6, 6.07) is 14.1. The van der Waals surface area contributed by atoms with Crippen LogP contribution in [0.1, 0.15) is 5.56 Å². The Bertz CT molecular complexity index is 553. The maximum atomic E-state index is 5.88. The van der Waals surface area contributed by atoms with Crippen molar-refractivity contribution in [3.05, 3.63) is 57.5 Å². The van der Waals surface area contributed by atoms with E-state index < -0.39 is 0 Å². The van der Waals surface area contributed by atoms with Crippen LogP contribution in [-0.2, 0) is 6.54 Å². The molecule has 0 bridgehead atoms. The summed E-state index contributed by atoms with van der Waals surface area (Å²) >= 11 is 9.39. The number of nitrogens with one attached hydrogen (secondary N) is 1. The number of nitrogens with zero attached hydrogens (tertiary/aromatic N) is 1. The first-order valence-electron chi connectivity index (χ1n) is 6.01. The molecule has 1 N–H and O–H groups in total. The highest BCUT2D eigenvalue weighted by atomic mass is 79.9. The fourth-order valence-corrected chi connectivity index (χ4v) is 2.33. The molecule has 0 fully saturated rings. The average Bonchev–Trinajstić information content (AvgIpc) is 2.38. The van der Waals surface area contributed by atoms with E-state index in [1.807, 2.05) is 44.4 Å². The van der Waals surface area contributed by atoms with Crippen LogP contribution in [0.2, 0.25) is 5.02 Å². The minimum Gasteiger partial charge on any atom is -0.379 e. The third-order valence-corrected chi connectivity index (χ3v) is 3.58. The van der Waals surface area contributed by atoms with Crippen molar-refractivity contribution in [2.45, 2.75) is 6.54 Å². The number of anilines is 2. The van der Waals surface area contributed by atoms with E-state index in [1.54, 1.807) is 0 Å². The Labute approximate surface area is 127 Å². The number of rotatable bonds is 4. The smallest absolute Gasteiger partial charge is 0.0597 e. The van der Waals surface area contributed by atoms with Crippen LogP contribution in [0.3, 0.4) is 0 Å². The molecular formula is C15H16BrClN2. The monoisotopic (exact) mass is 338 g/mol. The predicted octanol–water partition coefficient (Wildman–Crippen LogP) is 4.78. The standard InChI is InChI=1S/C15H16BrClN2/c1-19(2)15-8-5-12(16)9-14(15)18-10-11-3-6-13(17)7-4-11/h3-9,18H,10H2,1-2H3. The predicted molar refractivity (Wildman–Crippen MR) is 87.2 cm³/mol. The number of benzene rings is 2. The number of hydrogen-bond donors (Lipinski definition) is 1. The molecule has 0 saturated heterocycles. The third kappa shape index (κ3) is 3.88. The molecule has 0 aromatic heterocycles. The van der Waals surface area contributed by atoms with Gasteiger partial charge in [0.1, 0.15) is 0 Å². The first-order chi connectivity index (χ1) is 9.06. The van der Waals surface area contributed by atoms with E-state index in [0.29, 0.717) is 0 Å². The van der Waals surface area contributed by atoms with Crippen molar-refractivity contribution in [1.29, 1.82) is 0 Å². The summed E-state index contributed by atoms with van der Waals surface area (Å²) in [5, 5.41) is 4.22. The largest absolute Gasteiger partial charge is 0.379 e. The Morgan fingerprint density at radius 3 is 2.42 bits per heavy atom. The zero-order valence-electron chi connectivity index (χ0n) is 11.0. The summed E-state index contributed by atoms with van der Waals surface area (Å²) in [5.41, 5.74) is 3.47. The molecule has 0 aliphatic rings. The first kappa shape index (κ1) is 14.2. The van der Waals surface area contributed by atoms with Crippen molar-refractivity contribution in [1.82, 2.24) is 0 Å². The topological polar surface area (TPSA) is 15.3 Å². The second kappa shape index (κ2) is 6.31. The van der Waals surface area contributed by atoms with Gasteiger partial charge in [-0.05, 0) is 35.9 Å². The van der Waals surface area contributed by atoms with Gasteiger partial charge >= 0.3 is 0 Å². The van der Waals surface area contributed by atoms with Crippen molar-refractivity contribution in [3.63, 3.8) is 0 Å². The van der Waals surface area contributed by atoms with Crippen LogP contribution in [0.4, 0.5) is 11.4 Å². The van der Waals surface area contributed by atoms with Crippen molar-refractivity contribution in [2.75, 3.05) is 24.3 Å². The summed E-state index contributed by atoms with van der Waals surface area (Å²) in [4.78, 5) is 2.09. The number of halogens is 2. The normalized spacial score (nSPS) is 10.3. The minimum atomic E-state index is 0.764. The zero-order valence-corrected chi connectivity index (χ0v) is 13.3. The van der Waals surface area contributed by atoms with Gasteiger partial charge in [0.2, 0.25) is 0 Å². The van der Waals surface area contributed by atoms with Gasteiger partial charge in [-0.2, -0.15) is 0 Å². The molecule has 0 amide bonds. The highest BCUT2D eigenvalue weighted by molar-refractivity contribution is 9.10. The van der Waals surface area contributed by atoms with Gasteiger partial charge in [-0.25, -0.2) is 0 Å². The van der Waals surface area contributed by atoms with E-state index in [9.17, 15) is 0 Å². The molecule has 100 valence electrons. The van der Waals surface area contributed by atoms with Gasteiger partial charge < -0.3 is 10.2 Å². The highest BCUT2D eigenvalue weighted by Crippen LogP contribution is 2.28. The molecule has 2 aromatic carbocycles. The van der Waals surface area contributed by atoms with Gasteiger partial charge in [-0.1, -0.05) is 39.7 Å². The lowest BCUT2D eigenvalue weighted by atomic mass is 10.2. The Balaban J connectivity index is 2.14. The lowest BCUT2D eigenvalue weighted by Crippen LogP contribution is -2.12.